The second-order valence-corrected chi connectivity index (χ2v) is 7.39. The first kappa shape index (κ1) is 19.7. The summed E-state index contributed by atoms with van der Waals surface area (Å²) in [5.74, 6) is 0.953. The van der Waals surface area contributed by atoms with Crippen LogP contribution in [0, 0.1) is 0 Å². The largest absolute Gasteiger partial charge is 0.492 e. The van der Waals surface area contributed by atoms with Gasteiger partial charge in [0.2, 0.25) is 0 Å². The molecule has 2 aromatic carbocycles. The SMILES string of the molecule is CCC(C)=C(c1ccccc1)c1ccc(OCCN2CCN(C)CC2)cc1. The molecule has 0 atom stereocenters. The molecule has 144 valence electrons. The number of hydrogen-bond acceptors (Lipinski definition) is 3. The number of rotatable bonds is 7. The van der Waals surface area contributed by atoms with Crippen molar-refractivity contribution in [3.63, 3.8) is 0 Å². The molecule has 3 rings (SSSR count). The van der Waals surface area contributed by atoms with Gasteiger partial charge in [0.15, 0.2) is 0 Å². The van der Waals surface area contributed by atoms with Crippen LogP contribution in [0.5, 0.6) is 5.75 Å². The highest BCUT2D eigenvalue weighted by molar-refractivity contribution is 5.82. The van der Waals surface area contributed by atoms with Gasteiger partial charge in [-0.2, -0.15) is 0 Å². The number of benzene rings is 2. The Morgan fingerprint density at radius 1 is 0.889 bits per heavy atom. The Balaban J connectivity index is 1.62. The van der Waals surface area contributed by atoms with E-state index in [1.807, 2.05) is 0 Å². The second kappa shape index (κ2) is 9.72. The van der Waals surface area contributed by atoms with E-state index in [-0.39, 0.29) is 0 Å². The summed E-state index contributed by atoms with van der Waals surface area (Å²) in [6.07, 6.45) is 1.05. The Kier molecular flexibility index (Phi) is 7.08. The summed E-state index contributed by atoms with van der Waals surface area (Å²) in [4.78, 5) is 4.86. The molecule has 3 nitrogen and oxygen atoms in total. The number of hydrogen-bond donors (Lipinski definition) is 0. The van der Waals surface area contributed by atoms with Crippen LogP contribution in [0.1, 0.15) is 31.4 Å². The monoisotopic (exact) mass is 364 g/mol. The summed E-state index contributed by atoms with van der Waals surface area (Å²) in [6.45, 7) is 10.8. The summed E-state index contributed by atoms with van der Waals surface area (Å²) >= 11 is 0. The molecule has 1 fully saturated rings. The van der Waals surface area contributed by atoms with E-state index < -0.39 is 0 Å². The number of allylic oxidation sites excluding steroid dienone is 1. The molecule has 1 aliphatic rings. The van der Waals surface area contributed by atoms with Crippen molar-refractivity contribution < 1.29 is 4.74 Å². The molecule has 0 amide bonds. The predicted octanol–water partition coefficient (Wildman–Crippen LogP) is 4.54. The molecule has 0 saturated carbocycles. The fourth-order valence-corrected chi connectivity index (χ4v) is 3.52. The van der Waals surface area contributed by atoms with Crippen molar-refractivity contribution in [1.82, 2.24) is 9.80 Å². The van der Waals surface area contributed by atoms with Crippen LogP contribution in [0.25, 0.3) is 5.57 Å². The molecule has 0 aliphatic carbocycles. The fraction of sp³-hybridized carbons (Fsp3) is 0.417. The minimum absolute atomic E-state index is 0.748. The maximum atomic E-state index is 5.99. The second-order valence-electron chi connectivity index (χ2n) is 7.39. The van der Waals surface area contributed by atoms with E-state index in [2.05, 4.69) is 85.3 Å². The Morgan fingerprint density at radius 2 is 1.52 bits per heavy atom. The minimum atomic E-state index is 0.748. The summed E-state index contributed by atoms with van der Waals surface area (Å²) in [6, 6.07) is 19.2. The van der Waals surface area contributed by atoms with Gasteiger partial charge in [-0.25, -0.2) is 0 Å². The van der Waals surface area contributed by atoms with E-state index in [9.17, 15) is 0 Å². The van der Waals surface area contributed by atoms with Gasteiger partial charge < -0.3 is 9.64 Å². The third-order valence-electron chi connectivity index (χ3n) is 5.43. The number of piperazine rings is 1. The van der Waals surface area contributed by atoms with E-state index >= 15 is 0 Å². The van der Waals surface area contributed by atoms with E-state index in [1.54, 1.807) is 0 Å². The topological polar surface area (TPSA) is 15.7 Å². The van der Waals surface area contributed by atoms with Crippen molar-refractivity contribution in [3.8, 4) is 5.75 Å². The lowest BCUT2D eigenvalue weighted by molar-refractivity contribution is 0.134. The van der Waals surface area contributed by atoms with Gasteiger partial charge in [-0.05, 0) is 49.2 Å². The summed E-state index contributed by atoms with van der Waals surface area (Å²) < 4.78 is 5.99. The Hall–Kier alpha value is -2.10. The highest BCUT2D eigenvalue weighted by Crippen LogP contribution is 2.29. The molecule has 0 unspecified atom stereocenters. The lowest BCUT2D eigenvalue weighted by Gasteiger charge is -2.32. The normalized spacial score (nSPS) is 16.9. The molecule has 1 heterocycles. The minimum Gasteiger partial charge on any atom is -0.492 e. The molecule has 0 spiro atoms. The molecule has 27 heavy (non-hydrogen) atoms. The van der Waals surface area contributed by atoms with Crippen LogP contribution in [0.4, 0.5) is 0 Å². The fourth-order valence-electron chi connectivity index (χ4n) is 3.52. The molecule has 0 aromatic heterocycles. The van der Waals surface area contributed by atoms with Crippen LogP contribution in [0.2, 0.25) is 0 Å². The van der Waals surface area contributed by atoms with E-state index in [4.69, 9.17) is 4.74 Å². The van der Waals surface area contributed by atoms with Crippen LogP contribution < -0.4 is 4.74 Å². The van der Waals surface area contributed by atoms with E-state index in [0.29, 0.717) is 0 Å². The first-order valence-electron chi connectivity index (χ1n) is 10.1. The molecular formula is C24H32N2O. The molecule has 3 heteroatoms. The number of ether oxygens (including phenoxy) is 1. The highest BCUT2D eigenvalue weighted by atomic mass is 16.5. The molecule has 1 aliphatic heterocycles. The van der Waals surface area contributed by atoms with Gasteiger partial charge in [0.1, 0.15) is 12.4 Å². The van der Waals surface area contributed by atoms with E-state index in [1.165, 1.54) is 22.3 Å². The number of nitrogens with zero attached hydrogens (tertiary/aromatic N) is 2. The molecule has 2 aromatic rings. The molecule has 0 N–H and O–H groups in total. The smallest absolute Gasteiger partial charge is 0.119 e. The molecule has 1 saturated heterocycles. The third-order valence-corrected chi connectivity index (χ3v) is 5.43. The van der Waals surface area contributed by atoms with Crippen molar-refractivity contribution in [1.29, 1.82) is 0 Å². The first-order valence-corrected chi connectivity index (χ1v) is 10.1. The van der Waals surface area contributed by atoms with Crippen molar-refractivity contribution in [2.45, 2.75) is 20.3 Å². The van der Waals surface area contributed by atoms with Crippen molar-refractivity contribution in [3.05, 3.63) is 71.3 Å². The lowest BCUT2D eigenvalue weighted by atomic mass is 9.92. The standard InChI is InChI=1S/C24H32N2O/c1-4-20(2)24(21-8-6-5-7-9-21)22-10-12-23(13-11-22)27-19-18-26-16-14-25(3)15-17-26/h5-13H,4,14-19H2,1-3H3. The Bertz CT molecular complexity index is 729. The third kappa shape index (κ3) is 5.44. The van der Waals surface area contributed by atoms with Crippen LogP contribution in [0.3, 0.4) is 0 Å². The zero-order valence-corrected chi connectivity index (χ0v) is 16.9. The van der Waals surface area contributed by atoms with Gasteiger partial charge in [-0.15, -0.1) is 0 Å². The van der Waals surface area contributed by atoms with Crippen molar-refractivity contribution in [2.24, 2.45) is 0 Å². The summed E-state index contributed by atoms with van der Waals surface area (Å²) in [5, 5.41) is 0. The maximum Gasteiger partial charge on any atom is 0.119 e. The average Bonchev–Trinajstić information content (AvgIpc) is 2.71. The van der Waals surface area contributed by atoms with Gasteiger partial charge >= 0.3 is 0 Å². The van der Waals surface area contributed by atoms with Crippen molar-refractivity contribution >= 4 is 5.57 Å². The van der Waals surface area contributed by atoms with Gasteiger partial charge in [0.25, 0.3) is 0 Å². The zero-order chi connectivity index (χ0) is 19.1. The highest BCUT2D eigenvalue weighted by Gasteiger charge is 2.13. The van der Waals surface area contributed by atoms with Crippen LogP contribution in [-0.4, -0.2) is 56.2 Å². The quantitative estimate of drug-likeness (QED) is 0.717. The Morgan fingerprint density at radius 3 is 2.15 bits per heavy atom. The first-order chi connectivity index (χ1) is 13.2. The summed E-state index contributed by atoms with van der Waals surface area (Å²) in [7, 11) is 2.19. The Labute approximate surface area is 164 Å². The van der Waals surface area contributed by atoms with E-state index in [0.717, 1.165) is 51.5 Å². The number of likely N-dealkylation sites (N-methyl/N-ethyl adjacent to an activating group) is 1. The van der Waals surface area contributed by atoms with Gasteiger partial charge in [0.05, 0.1) is 0 Å². The maximum absolute atomic E-state index is 5.99. The predicted molar refractivity (Wildman–Crippen MR) is 114 cm³/mol. The lowest BCUT2D eigenvalue weighted by Crippen LogP contribution is -2.45. The van der Waals surface area contributed by atoms with Crippen LogP contribution in [0.15, 0.2) is 60.2 Å². The van der Waals surface area contributed by atoms with Crippen LogP contribution >= 0.6 is 0 Å². The van der Waals surface area contributed by atoms with Gasteiger partial charge in [0, 0.05) is 32.7 Å². The average molecular weight is 365 g/mol. The molecule has 0 radical (unpaired) electrons. The van der Waals surface area contributed by atoms with Gasteiger partial charge in [-0.1, -0.05) is 55.0 Å². The molecule has 0 bridgehead atoms. The van der Waals surface area contributed by atoms with Gasteiger partial charge in [-0.3, -0.25) is 4.90 Å². The van der Waals surface area contributed by atoms with Crippen molar-refractivity contribution in [2.75, 3.05) is 46.4 Å². The van der Waals surface area contributed by atoms with Crippen LogP contribution in [-0.2, 0) is 0 Å². The molecular weight excluding hydrogens is 332 g/mol. The zero-order valence-electron chi connectivity index (χ0n) is 16.9. The summed E-state index contributed by atoms with van der Waals surface area (Å²) in [5.41, 5.74) is 5.28.